The summed E-state index contributed by atoms with van der Waals surface area (Å²) < 4.78 is 18.6. The van der Waals surface area contributed by atoms with Crippen molar-refractivity contribution in [3.8, 4) is 5.75 Å². The first-order valence-corrected chi connectivity index (χ1v) is 4.87. The molecule has 3 heteroatoms. The van der Waals surface area contributed by atoms with Crippen molar-refractivity contribution in [1.82, 2.24) is 0 Å². The number of halogens is 1. The summed E-state index contributed by atoms with van der Waals surface area (Å²) in [6, 6.07) is 4.65. The van der Waals surface area contributed by atoms with Crippen LogP contribution < -0.4 is 4.74 Å². The van der Waals surface area contributed by atoms with Crippen LogP contribution in [0.15, 0.2) is 18.2 Å². The van der Waals surface area contributed by atoms with Gasteiger partial charge >= 0.3 is 0 Å². The van der Waals surface area contributed by atoms with Crippen LogP contribution in [0.5, 0.6) is 5.75 Å². The minimum Gasteiger partial charge on any atom is -0.484 e. The molecule has 0 saturated carbocycles. The summed E-state index contributed by atoms with van der Waals surface area (Å²) >= 11 is 0. The molecule has 0 bridgehead atoms. The largest absolute Gasteiger partial charge is 0.484 e. The van der Waals surface area contributed by atoms with Crippen LogP contribution in [0, 0.1) is 5.82 Å². The number of rotatable bonds is 2. The van der Waals surface area contributed by atoms with E-state index in [4.69, 9.17) is 4.74 Å². The summed E-state index contributed by atoms with van der Waals surface area (Å²) in [6.45, 7) is 2.01. The quantitative estimate of drug-likeness (QED) is 0.787. The Morgan fingerprint density at radius 2 is 2.29 bits per heavy atom. The summed E-state index contributed by atoms with van der Waals surface area (Å²) in [5.74, 6) is -0.168. The maximum atomic E-state index is 13.2. The first kappa shape index (κ1) is 9.46. The van der Waals surface area contributed by atoms with Crippen molar-refractivity contribution in [3.05, 3.63) is 29.6 Å². The van der Waals surface area contributed by atoms with Crippen LogP contribution in [0.2, 0.25) is 0 Å². The molecular formula is C11H13FO2. The number of para-hydroxylation sites is 1. The van der Waals surface area contributed by atoms with E-state index in [-0.39, 0.29) is 17.7 Å². The van der Waals surface area contributed by atoms with E-state index in [2.05, 4.69) is 0 Å². The van der Waals surface area contributed by atoms with Gasteiger partial charge in [-0.25, -0.2) is 4.39 Å². The fraction of sp³-hybridized carbons (Fsp3) is 0.455. The average Bonchev–Trinajstić information content (AvgIpc) is 2.48. The molecule has 1 aliphatic heterocycles. The zero-order valence-corrected chi connectivity index (χ0v) is 8.03. The number of aliphatic hydroxyl groups excluding tert-OH is 1. The lowest BCUT2D eigenvalue weighted by Gasteiger charge is -2.12. The van der Waals surface area contributed by atoms with Crippen molar-refractivity contribution in [1.29, 1.82) is 0 Å². The van der Waals surface area contributed by atoms with Crippen LogP contribution in [0.1, 0.15) is 31.4 Å². The maximum absolute atomic E-state index is 13.2. The summed E-state index contributed by atoms with van der Waals surface area (Å²) in [4.78, 5) is 0. The summed E-state index contributed by atoms with van der Waals surface area (Å²) in [7, 11) is 0. The molecule has 2 unspecified atom stereocenters. The summed E-state index contributed by atoms with van der Waals surface area (Å²) in [5.41, 5.74) is 0.573. The van der Waals surface area contributed by atoms with Gasteiger partial charge in [0.25, 0.3) is 0 Å². The molecule has 0 fully saturated rings. The molecule has 0 aromatic heterocycles. The molecule has 14 heavy (non-hydrogen) atoms. The van der Waals surface area contributed by atoms with E-state index in [1.807, 2.05) is 6.92 Å². The maximum Gasteiger partial charge on any atom is 0.165 e. The van der Waals surface area contributed by atoms with Gasteiger partial charge in [-0.3, -0.25) is 0 Å². The van der Waals surface area contributed by atoms with Crippen LogP contribution >= 0.6 is 0 Å². The molecule has 2 nitrogen and oxygen atoms in total. The zero-order valence-electron chi connectivity index (χ0n) is 8.03. The Morgan fingerprint density at radius 1 is 1.50 bits per heavy atom. The molecule has 0 amide bonds. The van der Waals surface area contributed by atoms with Crippen molar-refractivity contribution in [2.24, 2.45) is 0 Å². The highest BCUT2D eigenvalue weighted by Crippen LogP contribution is 2.39. The Labute approximate surface area is 82.3 Å². The molecule has 76 valence electrons. The molecule has 1 aromatic carbocycles. The molecule has 0 spiro atoms. The van der Waals surface area contributed by atoms with Crippen LogP contribution in [0.4, 0.5) is 4.39 Å². The highest BCUT2D eigenvalue weighted by molar-refractivity contribution is 5.40. The highest BCUT2D eigenvalue weighted by Gasteiger charge is 2.33. The van der Waals surface area contributed by atoms with Crippen LogP contribution in [0.3, 0.4) is 0 Å². The Bertz CT molecular complexity index is 338. The average molecular weight is 196 g/mol. The molecule has 1 N–H and O–H groups in total. The van der Waals surface area contributed by atoms with E-state index in [1.165, 1.54) is 6.07 Å². The third-order valence-electron chi connectivity index (χ3n) is 2.51. The van der Waals surface area contributed by atoms with Gasteiger partial charge in [-0.15, -0.1) is 0 Å². The van der Waals surface area contributed by atoms with E-state index in [0.717, 1.165) is 12.8 Å². The lowest BCUT2D eigenvalue weighted by Crippen LogP contribution is -2.17. The smallest absolute Gasteiger partial charge is 0.165 e. The Kier molecular flexibility index (Phi) is 2.42. The van der Waals surface area contributed by atoms with Gasteiger partial charge in [-0.1, -0.05) is 25.5 Å². The highest BCUT2D eigenvalue weighted by atomic mass is 19.1. The van der Waals surface area contributed by atoms with Crippen molar-refractivity contribution < 1.29 is 14.2 Å². The zero-order chi connectivity index (χ0) is 10.1. The molecule has 0 aliphatic carbocycles. The van der Waals surface area contributed by atoms with Crippen LogP contribution in [-0.4, -0.2) is 11.2 Å². The van der Waals surface area contributed by atoms with Gasteiger partial charge in [0.2, 0.25) is 0 Å². The van der Waals surface area contributed by atoms with Gasteiger partial charge < -0.3 is 9.84 Å². The molecule has 1 aliphatic rings. The fourth-order valence-electron chi connectivity index (χ4n) is 1.80. The third kappa shape index (κ3) is 1.38. The third-order valence-corrected chi connectivity index (χ3v) is 2.51. The molecule has 1 aromatic rings. The van der Waals surface area contributed by atoms with Crippen LogP contribution in [0.25, 0.3) is 0 Å². The van der Waals surface area contributed by atoms with E-state index < -0.39 is 6.10 Å². The Hall–Kier alpha value is -1.09. The minimum absolute atomic E-state index is 0.221. The number of aliphatic hydroxyl groups is 1. The molecule has 0 radical (unpaired) electrons. The SMILES string of the molecule is CCCC1Oc2c(F)cccc2C1O. The van der Waals surface area contributed by atoms with Gasteiger partial charge in [-0.05, 0) is 12.5 Å². The second kappa shape index (κ2) is 3.58. The van der Waals surface area contributed by atoms with Gasteiger partial charge in [0.05, 0.1) is 0 Å². The van der Waals surface area contributed by atoms with Crippen molar-refractivity contribution in [3.63, 3.8) is 0 Å². The molecule has 2 atom stereocenters. The number of hydrogen-bond donors (Lipinski definition) is 1. The Balaban J connectivity index is 2.30. The molecular weight excluding hydrogens is 183 g/mol. The summed E-state index contributed by atoms with van der Waals surface area (Å²) in [5, 5.41) is 9.80. The topological polar surface area (TPSA) is 29.5 Å². The standard InChI is InChI=1S/C11H13FO2/c1-2-4-9-10(13)7-5-3-6-8(12)11(7)14-9/h3,5-6,9-10,13H,2,4H2,1H3. The fourth-order valence-corrected chi connectivity index (χ4v) is 1.80. The lowest BCUT2D eigenvalue weighted by molar-refractivity contribution is 0.0604. The normalized spacial score (nSPS) is 24.5. The first-order chi connectivity index (χ1) is 6.74. The lowest BCUT2D eigenvalue weighted by atomic mass is 10.0. The number of hydrogen-bond acceptors (Lipinski definition) is 2. The second-order valence-electron chi connectivity index (χ2n) is 3.55. The molecule has 2 rings (SSSR count). The first-order valence-electron chi connectivity index (χ1n) is 4.87. The van der Waals surface area contributed by atoms with E-state index in [0.29, 0.717) is 5.56 Å². The van der Waals surface area contributed by atoms with E-state index in [1.54, 1.807) is 12.1 Å². The number of fused-ring (bicyclic) bond motifs is 1. The predicted octanol–water partition coefficient (Wildman–Crippen LogP) is 2.42. The van der Waals surface area contributed by atoms with Gasteiger partial charge in [0.15, 0.2) is 11.6 Å². The monoisotopic (exact) mass is 196 g/mol. The van der Waals surface area contributed by atoms with Crippen LogP contribution in [-0.2, 0) is 0 Å². The van der Waals surface area contributed by atoms with Crippen molar-refractivity contribution in [2.75, 3.05) is 0 Å². The summed E-state index contributed by atoms with van der Waals surface area (Å²) in [6.07, 6.45) is 0.694. The van der Waals surface area contributed by atoms with Gasteiger partial charge in [-0.2, -0.15) is 0 Å². The number of ether oxygens (including phenoxy) is 1. The van der Waals surface area contributed by atoms with Crippen molar-refractivity contribution >= 4 is 0 Å². The van der Waals surface area contributed by atoms with Gasteiger partial charge in [0, 0.05) is 5.56 Å². The minimum atomic E-state index is -0.680. The number of benzene rings is 1. The van der Waals surface area contributed by atoms with Crippen molar-refractivity contribution in [2.45, 2.75) is 32.0 Å². The molecule has 1 heterocycles. The predicted molar refractivity (Wildman–Crippen MR) is 50.7 cm³/mol. The van der Waals surface area contributed by atoms with E-state index in [9.17, 15) is 9.50 Å². The van der Waals surface area contributed by atoms with Gasteiger partial charge in [0.1, 0.15) is 12.2 Å². The molecule has 0 saturated heterocycles. The van der Waals surface area contributed by atoms with E-state index >= 15 is 0 Å². The Morgan fingerprint density at radius 3 is 2.93 bits per heavy atom. The second-order valence-corrected chi connectivity index (χ2v) is 3.55.